The maximum Gasteiger partial charge on any atom is 0.310 e. The average molecular weight is 398 g/mol. The monoisotopic (exact) mass is 397 g/mol. The van der Waals surface area contributed by atoms with Crippen molar-refractivity contribution in [1.29, 1.82) is 0 Å². The van der Waals surface area contributed by atoms with E-state index < -0.39 is 28.0 Å². The van der Waals surface area contributed by atoms with Gasteiger partial charge in [0.1, 0.15) is 0 Å². The lowest BCUT2D eigenvalue weighted by Gasteiger charge is -2.28. The number of sulfonamides is 1. The molecule has 1 aliphatic rings. The predicted molar refractivity (Wildman–Crippen MR) is 82.1 cm³/mol. The molecule has 0 radical (unpaired) electrons. The third-order valence-electron chi connectivity index (χ3n) is 3.48. The molecule has 6 nitrogen and oxygen atoms in total. The molecule has 2 unspecified atom stereocenters. The van der Waals surface area contributed by atoms with Crippen molar-refractivity contribution in [2.45, 2.75) is 24.8 Å². The van der Waals surface area contributed by atoms with Gasteiger partial charge in [0.15, 0.2) is 0 Å². The van der Waals surface area contributed by atoms with E-state index in [-0.39, 0.29) is 24.7 Å². The first kappa shape index (κ1) is 16.9. The van der Waals surface area contributed by atoms with Gasteiger partial charge in [-0.05, 0) is 28.9 Å². The van der Waals surface area contributed by atoms with Gasteiger partial charge in [0, 0.05) is 11.4 Å². The molecule has 0 aliphatic carbocycles. The Kier molecular flexibility index (Phi) is 5.09. The van der Waals surface area contributed by atoms with Gasteiger partial charge >= 0.3 is 5.97 Å². The highest BCUT2D eigenvalue weighted by molar-refractivity contribution is 9.11. The van der Waals surface area contributed by atoms with Crippen LogP contribution in [0.3, 0.4) is 0 Å². The number of carbonyl (C=O) groups is 1. The van der Waals surface area contributed by atoms with Crippen molar-refractivity contribution < 1.29 is 23.1 Å². The summed E-state index contributed by atoms with van der Waals surface area (Å²) in [6.07, 6.45) is 0. The zero-order valence-corrected chi connectivity index (χ0v) is 14.8. The zero-order valence-electron chi connectivity index (χ0n) is 11.6. The summed E-state index contributed by atoms with van der Waals surface area (Å²) in [5.41, 5.74) is 0. The molecular weight excluding hydrogens is 382 g/mol. The van der Waals surface area contributed by atoms with E-state index in [2.05, 4.69) is 15.9 Å². The Morgan fingerprint density at radius 2 is 2.24 bits per heavy atom. The van der Waals surface area contributed by atoms with Crippen LogP contribution in [0, 0.1) is 12.8 Å². The highest BCUT2D eigenvalue weighted by Crippen LogP contribution is 2.34. The second-order valence-electron chi connectivity index (χ2n) is 4.73. The molecule has 2 heterocycles. The maximum atomic E-state index is 12.8. The number of hydrogen-bond donors (Lipinski definition) is 1. The lowest BCUT2D eigenvalue weighted by molar-refractivity contribution is -0.142. The minimum absolute atomic E-state index is 0.0400. The number of hydrogen-bond acceptors (Lipinski definition) is 5. The number of carboxylic acids is 1. The summed E-state index contributed by atoms with van der Waals surface area (Å²) in [5, 5.41) is 9.22. The number of halogens is 1. The standard InChI is InChI=1S/C12H16BrNO5S2/c1-3-14(9-6-19-5-8(9)12(15)16)21(17,18)10-4-11(13)20-7(10)2/h4,8-9H,3,5-6H2,1-2H3,(H,15,16). The van der Waals surface area contributed by atoms with Crippen LogP contribution in [0.5, 0.6) is 0 Å². The summed E-state index contributed by atoms with van der Waals surface area (Å²) >= 11 is 4.62. The maximum absolute atomic E-state index is 12.8. The molecule has 0 spiro atoms. The molecule has 0 bridgehead atoms. The highest BCUT2D eigenvalue weighted by Gasteiger charge is 2.43. The number of aliphatic carboxylic acids is 1. The number of nitrogens with zero attached hydrogens (tertiary/aromatic N) is 1. The second kappa shape index (κ2) is 6.33. The first-order valence-electron chi connectivity index (χ1n) is 6.37. The predicted octanol–water partition coefficient (Wildman–Crippen LogP) is 1.93. The van der Waals surface area contributed by atoms with Gasteiger partial charge in [0.25, 0.3) is 0 Å². The molecular formula is C12H16BrNO5S2. The Morgan fingerprint density at radius 3 is 2.71 bits per heavy atom. The van der Waals surface area contributed by atoms with Gasteiger partial charge in [-0.1, -0.05) is 6.92 Å². The van der Waals surface area contributed by atoms with Gasteiger partial charge in [-0.3, -0.25) is 4.79 Å². The molecule has 0 aromatic carbocycles. The Labute approximate surface area is 135 Å². The number of aryl methyl sites for hydroxylation is 1. The van der Waals surface area contributed by atoms with E-state index >= 15 is 0 Å². The van der Waals surface area contributed by atoms with E-state index in [1.54, 1.807) is 19.9 Å². The van der Waals surface area contributed by atoms with Crippen LogP contribution in [0.15, 0.2) is 14.7 Å². The van der Waals surface area contributed by atoms with Gasteiger partial charge in [-0.25, -0.2) is 8.42 Å². The van der Waals surface area contributed by atoms with E-state index in [9.17, 15) is 18.3 Å². The fourth-order valence-corrected chi connectivity index (χ4v) is 6.50. The SMILES string of the molecule is CCN(C1COCC1C(=O)O)S(=O)(=O)c1cc(Br)sc1C. The molecule has 2 atom stereocenters. The minimum atomic E-state index is -3.74. The van der Waals surface area contributed by atoms with Crippen molar-refractivity contribution in [1.82, 2.24) is 4.31 Å². The molecule has 1 saturated heterocycles. The first-order valence-corrected chi connectivity index (χ1v) is 9.42. The molecule has 1 N–H and O–H groups in total. The van der Waals surface area contributed by atoms with E-state index in [0.29, 0.717) is 4.88 Å². The normalized spacial score (nSPS) is 22.9. The largest absolute Gasteiger partial charge is 0.481 e. The topological polar surface area (TPSA) is 83.9 Å². The van der Waals surface area contributed by atoms with Gasteiger partial charge in [-0.15, -0.1) is 11.3 Å². The summed E-state index contributed by atoms with van der Waals surface area (Å²) < 4.78 is 32.8. The van der Waals surface area contributed by atoms with E-state index in [0.717, 1.165) is 3.79 Å². The van der Waals surface area contributed by atoms with Crippen molar-refractivity contribution in [2.24, 2.45) is 5.92 Å². The van der Waals surface area contributed by atoms with Crippen molar-refractivity contribution >= 4 is 43.3 Å². The van der Waals surface area contributed by atoms with Gasteiger partial charge in [0.05, 0.1) is 33.9 Å². The third kappa shape index (κ3) is 3.16. The Bertz CT molecular complexity index is 642. The van der Waals surface area contributed by atoms with Crippen LogP contribution in [0.2, 0.25) is 0 Å². The third-order valence-corrected chi connectivity index (χ3v) is 7.29. The Morgan fingerprint density at radius 1 is 1.57 bits per heavy atom. The molecule has 118 valence electrons. The van der Waals surface area contributed by atoms with Gasteiger partial charge < -0.3 is 9.84 Å². The van der Waals surface area contributed by atoms with E-state index in [4.69, 9.17) is 4.74 Å². The van der Waals surface area contributed by atoms with Crippen LogP contribution >= 0.6 is 27.3 Å². The van der Waals surface area contributed by atoms with Crippen molar-refractivity contribution in [3.63, 3.8) is 0 Å². The molecule has 1 fully saturated rings. The van der Waals surface area contributed by atoms with Crippen molar-refractivity contribution in [3.05, 3.63) is 14.7 Å². The van der Waals surface area contributed by atoms with E-state index in [1.807, 2.05) is 0 Å². The molecule has 9 heteroatoms. The molecule has 0 amide bonds. The van der Waals surface area contributed by atoms with Crippen LogP contribution in [-0.2, 0) is 19.6 Å². The van der Waals surface area contributed by atoms with Gasteiger partial charge in [0.2, 0.25) is 10.0 Å². The summed E-state index contributed by atoms with van der Waals surface area (Å²) in [4.78, 5) is 12.2. The number of likely N-dealkylation sites (N-methyl/N-ethyl adjacent to an activating group) is 1. The molecule has 0 saturated carbocycles. The number of carboxylic acid groups (broad SMARTS) is 1. The molecule has 21 heavy (non-hydrogen) atoms. The Balaban J connectivity index is 2.40. The highest BCUT2D eigenvalue weighted by atomic mass is 79.9. The van der Waals surface area contributed by atoms with Crippen LogP contribution in [-0.4, -0.2) is 49.6 Å². The van der Waals surface area contributed by atoms with Crippen molar-refractivity contribution in [2.75, 3.05) is 19.8 Å². The minimum Gasteiger partial charge on any atom is -0.481 e. The van der Waals surface area contributed by atoms with Crippen LogP contribution in [0.1, 0.15) is 11.8 Å². The molecule has 1 aliphatic heterocycles. The second-order valence-corrected chi connectivity index (χ2v) is 9.22. The summed E-state index contributed by atoms with van der Waals surface area (Å²) in [6.45, 7) is 3.78. The fourth-order valence-electron chi connectivity index (χ4n) is 2.46. The average Bonchev–Trinajstić information content (AvgIpc) is 2.97. The van der Waals surface area contributed by atoms with Crippen LogP contribution < -0.4 is 0 Å². The summed E-state index contributed by atoms with van der Waals surface area (Å²) in [6, 6.07) is 0.888. The summed E-state index contributed by atoms with van der Waals surface area (Å²) in [5.74, 6) is -1.86. The fraction of sp³-hybridized carbons (Fsp3) is 0.583. The Hall–Kier alpha value is -0.480. The zero-order chi connectivity index (χ0) is 15.8. The first-order chi connectivity index (χ1) is 9.78. The van der Waals surface area contributed by atoms with Crippen LogP contribution in [0.25, 0.3) is 0 Å². The summed E-state index contributed by atoms with van der Waals surface area (Å²) in [7, 11) is -3.74. The lowest BCUT2D eigenvalue weighted by atomic mass is 10.0. The van der Waals surface area contributed by atoms with E-state index in [1.165, 1.54) is 15.6 Å². The number of rotatable bonds is 5. The smallest absolute Gasteiger partial charge is 0.310 e. The van der Waals surface area contributed by atoms with Gasteiger partial charge in [-0.2, -0.15) is 4.31 Å². The molecule has 1 aromatic heterocycles. The molecule has 1 aromatic rings. The van der Waals surface area contributed by atoms with Crippen LogP contribution in [0.4, 0.5) is 0 Å². The lowest BCUT2D eigenvalue weighted by Crippen LogP contribution is -2.46. The quantitative estimate of drug-likeness (QED) is 0.820. The number of thiophene rings is 1. The molecule has 2 rings (SSSR count). The number of ether oxygens (including phenoxy) is 1. The van der Waals surface area contributed by atoms with Crippen molar-refractivity contribution in [3.8, 4) is 0 Å².